The minimum Gasteiger partial charge on any atom is -0.271 e. The van der Waals surface area contributed by atoms with E-state index in [-0.39, 0.29) is 0 Å². The van der Waals surface area contributed by atoms with Crippen LogP contribution in [0.15, 0.2) is 30.6 Å². The Morgan fingerprint density at radius 3 is 0.786 bits per heavy atom. The van der Waals surface area contributed by atoms with Crippen molar-refractivity contribution in [3.8, 4) is 0 Å². The molecular weight excluding hydrogens is 817 g/mol. The SMILES string of the molecule is CCCCO[n+]1ccccc1.Fc1c(F)c(F)c([B-](c2c(F)c(F)c(F)c(F)c2F)(c2c(F)c(F)c(F)c(F)c2F)c2c(F)c(F)c(F)c(F)c2F)c(F)c1F. The molecule has 2 nitrogen and oxygen atoms in total. The van der Waals surface area contributed by atoms with Crippen molar-refractivity contribution < 1.29 is 97.4 Å². The Balaban J connectivity index is 0.000000544. The molecular formula is C33H14BF20NO. The lowest BCUT2D eigenvalue weighted by Gasteiger charge is -2.44. The van der Waals surface area contributed by atoms with Crippen molar-refractivity contribution in [1.82, 2.24) is 0 Å². The number of benzene rings is 4. The van der Waals surface area contributed by atoms with E-state index in [0.717, 1.165) is 13.0 Å². The van der Waals surface area contributed by atoms with Crippen molar-refractivity contribution in [2.75, 3.05) is 6.61 Å². The Morgan fingerprint density at radius 1 is 0.357 bits per heavy atom. The minimum atomic E-state index is -7.22. The summed E-state index contributed by atoms with van der Waals surface area (Å²) in [6.07, 6.45) is -1.13. The summed E-state index contributed by atoms with van der Waals surface area (Å²) in [5.74, 6) is -71.4. The van der Waals surface area contributed by atoms with E-state index in [0.29, 0.717) is 0 Å². The van der Waals surface area contributed by atoms with Crippen LogP contribution in [0.2, 0.25) is 0 Å². The summed E-state index contributed by atoms with van der Waals surface area (Å²) in [4.78, 5) is 5.36. The molecule has 0 aliphatic carbocycles. The van der Waals surface area contributed by atoms with Crippen molar-refractivity contribution in [3.63, 3.8) is 0 Å². The van der Waals surface area contributed by atoms with Crippen molar-refractivity contribution in [3.05, 3.63) is 147 Å². The quantitative estimate of drug-likeness (QED) is 0.0409. The van der Waals surface area contributed by atoms with Gasteiger partial charge in [-0.3, -0.25) is 4.84 Å². The zero-order valence-corrected chi connectivity index (χ0v) is 27.0. The number of nitrogens with zero attached hydrogens (tertiary/aromatic N) is 1. The van der Waals surface area contributed by atoms with Crippen LogP contribution in [0.3, 0.4) is 0 Å². The van der Waals surface area contributed by atoms with Crippen LogP contribution in [0.5, 0.6) is 0 Å². The number of hydrogen-bond donors (Lipinski definition) is 0. The fourth-order valence-electron chi connectivity index (χ4n) is 5.66. The second kappa shape index (κ2) is 16.3. The molecule has 0 saturated heterocycles. The maximum atomic E-state index is 15.4. The third-order valence-electron chi connectivity index (χ3n) is 8.13. The van der Waals surface area contributed by atoms with Crippen LogP contribution in [0.25, 0.3) is 0 Å². The number of unbranched alkanes of at least 4 members (excludes halogenated alkanes) is 1. The van der Waals surface area contributed by atoms with Crippen LogP contribution in [-0.4, -0.2) is 12.8 Å². The molecule has 0 aliphatic rings. The average Bonchev–Trinajstić information content (AvgIpc) is 3.18. The normalized spacial score (nSPS) is 11.5. The molecule has 0 unspecified atom stereocenters. The number of pyridine rings is 1. The van der Waals surface area contributed by atoms with Crippen LogP contribution >= 0.6 is 0 Å². The van der Waals surface area contributed by atoms with Gasteiger partial charge in [0.15, 0.2) is 76.4 Å². The lowest BCUT2D eigenvalue weighted by atomic mass is 9.12. The molecule has 0 aliphatic heterocycles. The fraction of sp³-hybridized carbons (Fsp3) is 0.121. The summed E-state index contributed by atoms with van der Waals surface area (Å²) < 4.78 is 296. The topological polar surface area (TPSA) is 13.1 Å². The predicted octanol–water partition coefficient (Wildman–Crippen LogP) is 7.05. The van der Waals surface area contributed by atoms with Gasteiger partial charge in [-0.2, -0.15) is 0 Å². The molecule has 0 N–H and O–H groups in total. The summed E-state index contributed by atoms with van der Waals surface area (Å²) in [6, 6.07) is 5.87. The molecule has 0 atom stereocenters. The van der Waals surface area contributed by atoms with Crippen LogP contribution < -0.4 is 31.4 Å². The molecule has 23 heteroatoms. The molecule has 0 spiro atoms. The van der Waals surface area contributed by atoms with E-state index in [9.17, 15) is 52.7 Å². The van der Waals surface area contributed by atoms with Crippen molar-refractivity contribution in [2.45, 2.75) is 19.8 Å². The van der Waals surface area contributed by atoms with Crippen LogP contribution in [0, 0.1) is 116 Å². The Labute approximate surface area is 299 Å². The van der Waals surface area contributed by atoms with E-state index in [1.54, 1.807) is 4.73 Å². The van der Waals surface area contributed by atoms with Gasteiger partial charge in [0.05, 0.1) is 0 Å². The minimum absolute atomic E-state index is 0.797. The van der Waals surface area contributed by atoms with Crippen LogP contribution in [-0.2, 0) is 0 Å². The van der Waals surface area contributed by atoms with Crippen LogP contribution in [0.1, 0.15) is 19.8 Å². The van der Waals surface area contributed by atoms with Gasteiger partial charge in [-0.15, -0.1) is 21.9 Å². The molecule has 5 aromatic rings. The molecule has 300 valence electrons. The first kappa shape index (κ1) is 43.2. The van der Waals surface area contributed by atoms with Crippen molar-refractivity contribution >= 4 is 28.0 Å². The first-order valence-corrected chi connectivity index (χ1v) is 15.0. The van der Waals surface area contributed by atoms with Gasteiger partial charge >= 0.3 is 0 Å². The third kappa shape index (κ3) is 6.73. The summed E-state index contributed by atoms with van der Waals surface area (Å²) in [7, 11) is 0. The van der Waals surface area contributed by atoms with Gasteiger partial charge in [0, 0.05) is 16.9 Å². The van der Waals surface area contributed by atoms with Crippen molar-refractivity contribution in [2.24, 2.45) is 0 Å². The van der Waals surface area contributed by atoms with Gasteiger partial charge in [-0.05, 0) is 6.42 Å². The number of rotatable bonds is 8. The molecule has 4 aromatic carbocycles. The molecule has 1 aromatic heterocycles. The fourth-order valence-corrected chi connectivity index (χ4v) is 5.66. The Morgan fingerprint density at radius 2 is 0.571 bits per heavy atom. The van der Waals surface area contributed by atoms with E-state index in [4.69, 9.17) is 4.84 Å². The first-order chi connectivity index (χ1) is 26.1. The van der Waals surface area contributed by atoms with E-state index in [1.165, 1.54) is 6.42 Å². The third-order valence-corrected chi connectivity index (χ3v) is 8.13. The van der Waals surface area contributed by atoms with Crippen molar-refractivity contribution in [1.29, 1.82) is 0 Å². The van der Waals surface area contributed by atoms with Gasteiger partial charge < -0.3 is 0 Å². The molecule has 56 heavy (non-hydrogen) atoms. The highest BCUT2D eigenvalue weighted by Gasteiger charge is 2.52. The summed E-state index contributed by atoms with van der Waals surface area (Å²) >= 11 is 0. The Bertz CT molecular complexity index is 1960. The predicted molar refractivity (Wildman–Crippen MR) is 152 cm³/mol. The van der Waals surface area contributed by atoms with Crippen LogP contribution in [0.4, 0.5) is 87.8 Å². The molecule has 0 fully saturated rings. The monoisotopic (exact) mass is 831 g/mol. The molecule has 1 heterocycles. The summed E-state index contributed by atoms with van der Waals surface area (Å²) in [6.45, 7) is 2.95. The maximum absolute atomic E-state index is 15.4. The molecule has 0 amide bonds. The second-order valence-electron chi connectivity index (χ2n) is 11.2. The average molecular weight is 831 g/mol. The molecule has 0 saturated carbocycles. The van der Waals surface area contributed by atoms with Gasteiger partial charge in [0.2, 0.25) is 12.4 Å². The Hall–Kier alpha value is -5.51. The molecule has 0 bridgehead atoms. The highest BCUT2D eigenvalue weighted by Crippen LogP contribution is 2.30. The first-order valence-electron chi connectivity index (χ1n) is 15.0. The largest absolute Gasteiger partial charge is 0.271 e. The van der Waals surface area contributed by atoms with Gasteiger partial charge in [-0.1, -0.05) is 19.4 Å². The number of hydrogen-bond acceptors (Lipinski definition) is 1. The standard InChI is InChI=1S/C24BF20.C9H14NO/c26-5-1(6(27)14(35)21(42)13(5)34)25(2-7(28)15(36)22(43)16(37)8(2)29,3-9(30)17(38)23(44)18(39)10(3)31)4-11(32)19(40)24(45)20(41)12(4)33;1-2-3-9-11-10-7-5-4-6-8-10/h;4-8H,2-3,9H2,1H3/q-1;+1. The lowest BCUT2D eigenvalue weighted by molar-refractivity contribution is -0.891. The summed E-state index contributed by atoms with van der Waals surface area (Å²) in [5.41, 5.74) is -14.3. The van der Waals surface area contributed by atoms with E-state index in [2.05, 4.69) is 6.92 Å². The second-order valence-corrected chi connectivity index (χ2v) is 11.2. The van der Waals surface area contributed by atoms with Gasteiger partial charge in [0.25, 0.3) is 0 Å². The maximum Gasteiger partial charge on any atom is 0.222 e. The van der Waals surface area contributed by atoms with E-state index < -0.39 is 144 Å². The highest BCUT2D eigenvalue weighted by molar-refractivity contribution is 7.20. The zero-order valence-electron chi connectivity index (χ0n) is 27.0. The smallest absolute Gasteiger partial charge is 0.222 e. The van der Waals surface area contributed by atoms with Gasteiger partial charge in [0.1, 0.15) is 52.7 Å². The van der Waals surface area contributed by atoms with Gasteiger partial charge in [-0.25, -0.2) is 87.8 Å². The highest BCUT2D eigenvalue weighted by atomic mass is 19.2. The Kier molecular flexibility index (Phi) is 12.6. The van der Waals surface area contributed by atoms with E-state index in [1.807, 2.05) is 30.6 Å². The number of aromatic nitrogens is 1. The zero-order chi connectivity index (χ0) is 42.3. The molecule has 0 radical (unpaired) electrons. The number of halogens is 20. The van der Waals surface area contributed by atoms with E-state index >= 15 is 35.1 Å². The lowest BCUT2D eigenvalue weighted by Crippen LogP contribution is -2.81. The molecule has 5 rings (SSSR count). The summed E-state index contributed by atoms with van der Waals surface area (Å²) in [5, 5.41) is 0.